The van der Waals surface area contributed by atoms with E-state index >= 15 is 0 Å². The van der Waals surface area contributed by atoms with Crippen LogP contribution in [0.15, 0.2) is 16.3 Å². The first-order chi connectivity index (χ1) is 9.53. The van der Waals surface area contributed by atoms with E-state index in [2.05, 4.69) is 10.0 Å². The number of ether oxygens (including phenoxy) is 1. The molecule has 114 valence electrons. The highest BCUT2D eigenvalue weighted by Crippen LogP contribution is 2.23. The van der Waals surface area contributed by atoms with Gasteiger partial charge in [-0.1, -0.05) is 0 Å². The zero-order valence-electron chi connectivity index (χ0n) is 11.9. The highest BCUT2D eigenvalue weighted by Gasteiger charge is 2.26. The van der Waals surface area contributed by atoms with Gasteiger partial charge in [-0.3, -0.25) is 0 Å². The lowest BCUT2D eigenvalue weighted by molar-refractivity contribution is 0.0585. The second-order valence-electron chi connectivity index (χ2n) is 5.14. The van der Waals surface area contributed by atoms with Crippen LogP contribution in [0.2, 0.25) is 0 Å². The van der Waals surface area contributed by atoms with Gasteiger partial charge in [-0.05, 0) is 38.8 Å². The molecule has 1 saturated heterocycles. The van der Waals surface area contributed by atoms with E-state index in [1.165, 1.54) is 11.3 Å². The molecule has 1 aromatic heterocycles. The van der Waals surface area contributed by atoms with Crippen molar-refractivity contribution in [1.29, 1.82) is 0 Å². The summed E-state index contributed by atoms with van der Waals surface area (Å²) < 4.78 is 32.8. The van der Waals surface area contributed by atoms with Crippen molar-refractivity contribution in [1.82, 2.24) is 10.0 Å². The third-order valence-electron chi connectivity index (χ3n) is 3.61. The summed E-state index contributed by atoms with van der Waals surface area (Å²) >= 11 is 1.46. The average Bonchev–Trinajstić information content (AvgIpc) is 2.89. The Morgan fingerprint density at radius 1 is 1.45 bits per heavy atom. The minimum absolute atomic E-state index is 0.0587. The molecule has 1 unspecified atom stereocenters. The molecule has 0 spiro atoms. The van der Waals surface area contributed by atoms with Crippen LogP contribution in [0.3, 0.4) is 0 Å². The predicted molar refractivity (Wildman–Crippen MR) is 80.4 cm³/mol. The molecule has 0 radical (unpaired) electrons. The van der Waals surface area contributed by atoms with Crippen molar-refractivity contribution >= 4 is 21.4 Å². The summed E-state index contributed by atoms with van der Waals surface area (Å²) in [5.41, 5.74) is 0. The zero-order valence-corrected chi connectivity index (χ0v) is 13.5. The maximum Gasteiger partial charge on any atom is 0.241 e. The molecule has 0 aromatic carbocycles. The standard InChI is InChI=1S/C13H22N2O3S2/c1-10(11-3-5-18-6-4-11)15-20(16,17)13-7-12(8-14-2)19-9-13/h7,9-11,14-15H,3-6,8H2,1-2H3. The van der Waals surface area contributed by atoms with Gasteiger partial charge >= 0.3 is 0 Å². The van der Waals surface area contributed by atoms with E-state index in [0.717, 1.165) is 30.9 Å². The van der Waals surface area contributed by atoms with E-state index in [1.807, 2.05) is 14.0 Å². The number of hydrogen-bond donors (Lipinski definition) is 2. The molecule has 7 heteroatoms. The second kappa shape index (κ2) is 7.00. The molecule has 2 heterocycles. The summed E-state index contributed by atoms with van der Waals surface area (Å²) in [6.07, 6.45) is 1.83. The maximum atomic E-state index is 12.3. The van der Waals surface area contributed by atoms with Crippen LogP contribution < -0.4 is 10.0 Å². The molecule has 20 heavy (non-hydrogen) atoms. The topological polar surface area (TPSA) is 67.4 Å². The SMILES string of the molecule is CNCc1cc(S(=O)(=O)NC(C)C2CCOCC2)cs1. The lowest BCUT2D eigenvalue weighted by atomic mass is 9.94. The first-order valence-electron chi connectivity index (χ1n) is 6.85. The molecular formula is C13H22N2O3S2. The first-order valence-corrected chi connectivity index (χ1v) is 9.21. The molecule has 2 N–H and O–H groups in total. The molecular weight excluding hydrogens is 296 g/mol. The maximum absolute atomic E-state index is 12.3. The van der Waals surface area contributed by atoms with Gasteiger partial charge in [0.2, 0.25) is 10.0 Å². The molecule has 1 atom stereocenters. The van der Waals surface area contributed by atoms with Crippen molar-refractivity contribution in [3.05, 3.63) is 16.3 Å². The van der Waals surface area contributed by atoms with Crippen LogP contribution in [0.25, 0.3) is 0 Å². The second-order valence-corrected chi connectivity index (χ2v) is 7.85. The van der Waals surface area contributed by atoms with E-state index in [9.17, 15) is 8.42 Å². The summed E-state index contributed by atoms with van der Waals surface area (Å²) in [6, 6.07) is 1.68. The van der Waals surface area contributed by atoms with Gasteiger partial charge in [0.15, 0.2) is 0 Å². The Labute approximate surface area is 124 Å². The van der Waals surface area contributed by atoms with Crippen LogP contribution >= 0.6 is 11.3 Å². The molecule has 2 rings (SSSR count). The summed E-state index contributed by atoms with van der Waals surface area (Å²) in [5, 5.41) is 4.72. The van der Waals surface area contributed by atoms with Crippen LogP contribution in [-0.2, 0) is 21.3 Å². The Hall–Kier alpha value is -0.470. The van der Waals surface area contributed by atoms with Crippen LogP contribution in [0, 0.1) is 5.92 Å². The quantitative estimate of drug-likeness (QED) is 0.835. The molecule has 0 aliphatic carbocycles. The largest absolute Gasteiger partial charge is 0.381 e. The van der Waals surface area contributed by atoms with Crippen LogP contribution in [-0.4, -0.2) is 34.7 Å². The lowest BCUT2D eigenvalue weighted by Gasteiger charge is -2.28. The lowest BCUT2D eigenvalue weighted by Crippen LogP contribution is -2.40. The molecule has 0 bridgehead atoms. The van der Waals surface area contributed by atoms with E-state index in [1.54, 1.807) is 11.4 Å². The van der Waals surface area contributed by atoms with Gasteiger partial charge in [0.05, 0.1) is 4.90 Å². The minimum atomic E-state index is -3.41. The molecule has 1 aromatic rings. The van der Waals surface area contributed by atoms with Crippen LogP contribution in [0.1, 0.15) is 24.6 Å². The van der Waals surface area contributed by atoms with E-state index < -0.39 is 10.0 Å². The minimum Gasteiger partial charge on any atom is -0.381 e. The molecule has 0 amide bonds. The van der Waals surface area contributed by atoms with Crippen LogP contribution in [0.5, 0.6) is 0 Å². The number of sulfonamides is 1. The fourth-order valence-corrected chi connectivity index (χ4v) is 4.99. The van der Waals surface area contributed by atoms with Crippen molar-refractivity contribution in [2.45, 2.75) is 37.2 Å². The Kier molecular flexibility index (Phi) is 5.57. The van der Waals surface area contributed by atoms with Crippen molar-refractivity contribution < 1.29 is 13.2 Å². The Morgan fingerprint density at radius 2 is 2.15 bits per heavy atom. The van der Waals surface area contributed by atoms with Gasteiger partial charge in [0, 0.05) is 36.1 Å². The third kappa shape index (κ3) is 4.02. The smallest absolute Gasteiger partial charge is 0.241 e. The van der Waals surface area contributed by atoms with Gasteiger partial charge in [0.25, 0.3) is 0 Å². The third-order valence-corrected chi connectivity index (χ3v) is 6.23. The number of hydrogen-bond acceptors (Lipinski definition) is 5. The molecule has 1 aliphatic heterocycles. The fraction of sp³-hybridized carbons (Fsp3) is 0.692. The molecule has 1 fully saturated rings. The molecule has 1 aliphatic rings. The van der Waals surface area contributed by atoms with Gasteiger partial charge < -0.3 is 10.1 Å². The average molecular weight is 318 g/mol. The zero-order chi connectivity index (χ0) is 14.6. The monoisotopic (exact) mass is 318 g/mol. The van der Waals surface area contributed by atoms with E-state index in [4.69, 9.17) is 4.74 Å². The van der Waals surface area contributed by atoms with Crippen molar-refractivity contribution in [3.8, 4) is 0 Å². The number of thiophene rings is 1. The van der Waals surface area contributed by atoms with Crippen molar-refractivity contribution in [2.75, 3.05) is 20.3 Å². The molecule has 5 nitrogen and oxygen atoms in total. The molecule has 0 saturated carbocycles. The summed E-state index contributed by atoms with van der Waals surface area (Å²) in [4.78, 5) is 1.39. The van der Waals surface area contributed by atoms with Gasteiger partial charge in [-0.25, -0.2) is 13.1 Å². The first kappa shape index (κ1) is 15.9. The van der Waals surface area contributed by atoms with Crippen molar-refractivity contribution in [2.24, 2.45) is 5.92 Å². The van der Waals surface area contributed by atoms with E-state index in [-0.39, 0.29) is 6.04 Å². The number of nitrogens with one attached hydrogen (secondary N) is 2. The van der Waals surface area contributed by atoms with Gasteiger partial charge in [-0.2, -0.15) is 0 Å². The Bertz CT molecular complexity index is 521. The summed E-state index contributed by atoms with van der Waals surface area (Å²) in [6.45, 7) is 4.08. The van der Waals surface area contributed by atoms with Gasteiger partial charge in [-0.15, -0.1) is 11.3 Å². The Morgan fingerprint density at radius 3 is 2.80 bits per heavy atom. The highest BCUT2D eigenvalue weighted by molar-refractivity contribution is 7.89. The summed E-state index contributed by atoms with van der Waals surface area (Å²) in [7, 11) is -1.57. The van der Waals surface area contributed by atoms with Gasteiger partial charge in [0.1, 0.15) is 0 Å². The van der Waals surface area contributed by atoms with Crippen molar-refractivity contribution in [3.63, 3.8) is 0 Å². The Balaban J connectivity index is 2.01. The summed E-state index contributed by atoms with van der Waals surface area (Å²) in [5.74, 6) is 0.355. The van der Waals surface area contributed by atoms with E-state index in [0.29, 0.717) is 17.4 Å². The van der Waals surface area contributed by atoms with Crippen LogP contribution in [0.4, 0.5) is 0 Å². The fourth-order valence-electron chi connectivity index (χ4n) is 2.39. The number of rotatable bonds is 6. The highest BCUT2D eigenvalue weighted by atomic mass is 32.2. The normalized spacial score (nSPS) is 19.1. The predicted octanol–water partition coefficient (Wildman–Crippen LogP) is 1.56.